The van der Waals surface area contributed by atoms with Crippen LogP contribution in [0.4, 0.5) is 0 Å². The molecule has 92 valence electrons. The Morgan fingerprint density at radius 1 is 1.19 bits per heavy atom. The summed E-state index contributed by atoms with van der Waals surface area (Å²) in [6.07, 6.45) is 6.53. The summed E-state index contributed by atoms with van der Waals surface area (Å²) >= 11 is 0. The van der Waals surface area contributed by atoms with Gasteiger partial charge in [-0.3, -0.25) is 4.79 Å². The van der Waals surface area contributed by atoms with Crippen LogP contribution in [0.5, 0.6) is 0 Å². The third-order valence-corrected chi connectivity index (χ3v) is 3.77. The van der Waals surface area contributed by atoms with Crippen LogP contribution in [0, 0.1) is 0 Å². The van der Waals surface area contributed by atoms with Gasteiger partial charge in [0.15, 0.2) is 0 Å². The van der Waals surface area contributed by atoms with Gasteiger partial charge in [0.25, 0.3) is 0 Å². The summed E-state index contributed by atoms with van der Waals surface area (Å²) in [5.74, 6) is 0.402. The van der Waals surface area contributed by atoms with Crippen molar-refractivity contribution in [2.24, 2.45) is 0 Å². The summed E-state index contributed by atoms with van der Waals surface area (Å²) in [6, 6.07) is 1.12. The molecule has 2 aliphatic rings. The fourth-order valence-corrected chi connectivity index (χ4v) is 2.67. The smallest absolute Gasteiger partial charge is 0.223 e. The molecule has 0 radical (unpaired) electrons. The SMILES string of the molecule is CCCC(=O)N(C1CC1)C1CCN(C)CC1. The number of rotatable bonds is 4. The normalized spacial score (nSPS) is 23.4. The molecular weight excluding hydrogens is 200 g/mol. The topological polar surface area (TPSA) is 23.6 Å². The van der Waals surface area contributed by atoms with E-state index in [1.807, 2.05) is 0 Å². The number of nitrogens with zero attached hydrogens (tertiary/aromatic N) is 2. The summed E-state index contributed by atoms with van der Waals surface area (Å²) in [5.41, 5.74) is 0. The van der Waals surface area contributed by atoms with Crippen LogP contribution >= 0.6 is 0 Å². The Morgan fingerprint density at radius 3 is 2.25 bits per heavy atom. The van der Waals surface area contributed by atoms with Gasteiger partial charge in [-0.25, -0.2) is 0 Å². The molecular formula is C13H24N2O. The van der Waals surface area contributed by atoms with Crippen LogP contribution in [0.2, 0.25) is 0 Å². The van der Waals surface area contributed by atoms with Gasteiger partial charge < -0.3 is 9.80 Å². The molecule has 3 nitrogen and oxygen atoms in total. The van der Waals surface area contributed by atoms with Gasteiger partial charge in [-0.1, -0.05) is 6.92 Å². The third kappa shape index (κ3) is 2.76. The minimum atomic E-state index is 0.402. The predicted octanol–water partition coefficient (Wildman–Crippen LogP) is 1.87. The van der Waals surface area contributed by atoms with Gasteiger partial charge in [0.2, 0.25) is 5.91 Å². The zero-order valence-corrected chi connectivity index (χ0v) is 10.6. The van der Waals surface area contributed by atoms with Crippen molar-refractivity contribution in [3.8, 4) is 0 Å². The standard InChI is InChI=1S/C13H24N2O/c1-3-4-13(16)15(11-5-6-11)12-7-9-14(2)10-8-12/h11-12H,3-10H2,1-2H3. The molecule has 0 unspecified atom stereocenters. The molecule has 16 heavy (non-hydrogen) atoms. The Balaban J connectivity index is 1.93. The molecule has 1 saturated carbocycles. The molecule has 1 saturated heterocycles. The van der Waals surface area contributed by atoms with E-state index in [9.17, 15) is 4.79 Å². The summed E-state index contributed by atoms with van der Waals surface area (Å²) in [4.78, 5) is 16.7. The zero-order chi connectivity index (χ0) is 11.5. The second kappa shape index (κ2) is 5.17. The Kier molecular flexibility index (Phi) is 3.85. The number of hydrogen-bond acceptors (Lipinski definition) is 2. The van der Waals surface area contributed by atoms with Gasteiger partial charge in [-0.05, 0) is 52.2 Å². The minimum absolute atomic E-state index is 0.402. The number of amides is 1. The highest BCUT2D eigenvalue weighted by molar-refractivity contribution is 5.77. The van der Waals surface area contributed by atoms with Crippen LogP contribution in [0.1, 0.15) is 45.4 Å². The molecule has 2 rings (SSSR count). The van der Waals surface area contributed by atoms with Gasteiger partial charge >= 0.3 is 0 Å². The Labute approximate surface area is 98.8 Å². The third-order valence-electron chi connectivity index (χ3n) is 3.77. The Bertz CT molecular complexity index is 242. The van der Waals surface area contributed by atoms with Crippen LogP contribution in [-0.4, -0.2) is 47.9 Å². The molecule has 0 aromatic rings. The molecule has 3 heteroatoms. The highest BCUT2D eigenvalue weighted by atomic mass is 16.2. The molecule has 0 bridgehead atoms. The fourth-order valence-electron chi connectivity index (χ4n) is 2.67. The molecule has 0 aromatic heterocycles. The van der Waals surface area contributed by atoms with Crippen molar-refractivity contribution < 1.29 is 4.79 Å². The average Bonchev–Trinajstić information content (AvgIpc) is 3.06. The van der Waals surface area contributed by atoms with Crippen molar-refractivity contribution in [2.45, 2.75) is 57.5 Å². The summed E-state index contributed by atoms with van der Waals surface area (Å²) in [5, 5.41) is 0. The van der Waals surface area contributed by atoms with E-state index in [1.54, 1.807) is 0 Å². The summed E-state index contributed by atoms with van der Waals surface area (Å²) in [6.45, 7) is 4.39. The van der Waals surface area contributed by atoms with Gasteiger partial charge in [0, 0.05) is 18.5 Å². The van der Waals surface area contributed by atoms with E-state index in [4.69, 9.17) is 0 Å². The van der Waals surface area contributed by atoms with Crippen LogP contribution in [0.25, 0.3) is 0 Å². The second-order valence-electron chi connectivity index (χ2n) is 5.32. The van der Waals surface area contributed by atoms with E-state index in [0.717, 1.165) is 25.9 Å². The maximum absolute atomic E-state index is 12.1. The largest absolute Gasteiger partial charge is 0.337 e. The van der Waals surface area contributed by atoms with Crippen molar-refractivity contribution in [1.29, 1.82) is 0 Å². The average molecular weight is 224 g/mol. The molecule has 1 aliphatic heterocycles. The van der Waals surface area contributed by atoms with Crippen molar-refractivity contribution in [1.82, 2.24) is 9.80 Å². The number of piperidine rings is 1. The number of likely N-dealkylation sites (tertiary alicyclic amines) is 1. The number of carbonyl (C=O) groups excluding carboxylic acids is 1. The van der Waals surface area contributed by atoms with Crippen LogP contribution < -0.4 is 0 Å². The van der Waals surface area contributed by atoms with Crippen LogP contribution in [0.3, 0.4) is 0 Å². The lowest BCUT2D eigenvalue weighted by atomic mass is 10.0. The zero-order valence-electron chi connectivity index (χ0n) is 10.6. The Hall–Kier alpha value is -0.570. The lowest BCUT2D eigenvalue weighted by Gasteiger charge is -2.37. The van der Waals surface area contributed by atoms with Gasteiger partial charge in [-0.2, -0.15) is 0 Å². The highest BCUT2D eigenvalue weighted by Crippen LogP contribution is 2.32. The molecule has 0 atom stereocenters. The van der Waals surface area contributed by atoms with Crippen LogP contribution in [0.15, 0.2) is 0 Å². The van der Waals surface area contributed by atoms with Crippen molar-refractivity contribution >= 4 is 5.91 Å². The van der Waals surface area contributed by atoms with Gasteiger partial charge in [0.1, 0.15) is 0 Å². The van der Waals surface area contributed by atoms with E-state index in [2.05, 4.69) is 23.8 Å². The first-order valence-corrected chi connectivity index (χ1v) is 6.72. The van der Waals surface area contributed by atoms with Crippen LogP contribution in [-0.2, 0) is 4.79 Å². The number of carbonyl (C=O) groups is 1. The highest BCUT2D eigenvalue weighted by Gasteiger charge is 2.37. The lowest BCUT2D eigenvalue weighted by molar-refractivity contribution is -0.135. The maximum atomic E-state index is 12.1. The van der Waals surface area contributed by atoms with E-state index >= 15 is 0 Å². The summed E-state index contributed by atoms with van der Waals surface area (Å²) in [7, 11) is 2.17. The van der Waals surface area contributed by atoms with Crippen molar-refractivity contribution in [2.75, 3.05) is 20.1 Å². The quantitative estimate of drug-likeness (QED) is 0.728. The minimum Gasteiger partial charge on any atom is -0.337 e. The van der Waals surface area contributed by atoms with E-state index in [1.165, 1.54) is 25.7 Å². The van der Waals surface area contributed by atoms with E-state index in [0.29, 0.717) is 18.0 Å². The molecule has 0 spiro atoms. The first kappa shape index (κ1) is 11.9. The van der Waals surface area contributed by atoms with E-state index in [-0.39, 0.29) is 0 Å². The molecule has 2 fully saturated rings. The van der Waals surface area contributed by atoms with Crippen molar-refractivity contribution in [3.63, 3.8) is 0 Å². The first-order chi connectivity index (χ1) is 7.72. The molecule has 1 heterocycles. The fraction of sp³-hybridized carbons (Fsp3) is 0.923. The second-order valence-corrected chi connectivity index (χ2v) is 5.32. The first-order valence-electron chi connectivity index (χ1n) is 6.72. The van der Waals surface area contributed by atoms with Gasteiger partial charge in [-0.15, -0.1) is 0 Å². The molecule has 1 amide bonds. The Morgan fingerprint density at radius 2 is 1.75 bits per heavy atom. The monoisotopic (exact) mass is 224 g/mol. The summed E-state index contributed by atoms with van der Waals surface area (Å²) < 4.78 is 0. The van der Waals surface area contributed by atoms with Gasteiger partial charge in [0.05, 0.1) is 0 Å². The van der Waals surface area contributed by atoms with Crippen molar-refractivity contribution in [3.05, 3.63) is 0 Å². The van der Waals surface area contributed by atoms with E-state index < -0.39 is 0 Å². The lowest BCUT2D eigenvalue weighted by Crippen LogP contribution is -2.47. The maximum Gasteiger partial charge on any atom is 0.223 e. The molecule has 1 aliphatic carbocycles. The predicted molar refractivity (Wildman–Crippen MR) is 65.3 cm³/mol. The number of hydrogen-bond donors (Lipinski definition) is 0. The molecule has 0 N–H and O–H groups in total. The molecule has 0 aromatic carbocycles.